The molecular formula is C12H15BNO3. The molecule has 0 saturated carbocycles. The third-order valence-corrected chi connectivity index (χ3v) is 3.15. The van der Waals surface area contributed by atoms with Crippen molar-refractivity contribution in [1.82, 2.24) is 4.81 Å². The Hall–Kier alpha value is -1.33. The zero-order valence-corrected chi connectivity index (χ0v) is 9.80. The zero-order chi connectivity index (χ0) is 12.3. The van der Waals surface area contributed by atoms with Crippen molar-refractivity contribution >= 4 is 13.6 Å². The predicted molar refractivity (Wildman–Crippen MR) is 65.6 cm³/mol. The summed E-state index contributed by atoms with van der Waals surface area (Å²) >= 11 is 0. The van der Waals surface area contributed by atoms with Crippen LogP contribution in [-0.4, -0.2) is 43.3 Å². The van der Waals surface area contributed by atoms with Gasteiger partial charge in [-0.15, -0.1) is 0 Å². The maximum absolute atomic E-state index is 10.6. The van der Waals surface area contributed by atoms with Gasteiger partial charge in [0.25, 0.3) is 7.41 Å². The molecule has 0 aromatic heterocycles. The third-order valence-electron chi connectivity index (χ3n) is 3.15. The molecule has 0 aliphatic carbocycles. The molecule has 1 heterocycles. The van der Waals surface area contributed by atoms with Crippen LogP contribution in [0.3, 0.4) is 0 Å². The summed E-state index contributed by atoms with van der Waals surface area (Å²) in [6, 6.07) is 5.91. The molecule has 0 bridgehead atoms. The third kappa shape index (κ3) is 2.51. The van der Waals surface area contributed by atoms with E-state index in [4.69, 9.17) is 4.74 Å². The fraction of sp³-hybridized carbons (Fsp3) is 0.417. The lowest BCUT2D eigenvalue weighted by Gasteiger charge is -2.34. The lowest BCUT2D eigenvalue weighted by atomic mass is 9.84. The van der Waals surface area contributed by atoms with Crippen LogP contribution in [0, 0.1) is 0 Å². The maximum atomic E-state index is 10.6. The topological polar surface area (TPSA) is 49.8 Å². The highest BCUT2D eigenvalue weighted by molar-refractivity contribution is 6.64. The van der Waals surface area contributed by atoms with E-state index in [1.165, 1.54) is 13.0 Å². The molecule has 0 unspecified atom stereocenters. The van der Waals surface area contributed by atoms with E-state index in [9.17, 15) is 9.90 Å². The Labute approximate surface area is 101 Å². The van der Waals surface area contributed by atoms with Crippen molar-refractivity contribution in [3.8, 4) is 5.75 Å². The fourth-order valence-electron chi connectivity index (χ4n) is 2.19. The van der Waals surface area contributed by atoms with Crippen LogP contribution < -0.4 is 4.74 Å². The highest BCUT2D eigenvalue weighted by atomic mass is 16.5. The van der Waals surface area contributed by atoms with Crippen molar-refractivity contribution in [3.05, 3.63) is 29.3 Å². The number of carbonyl (C=O) groups excluding carboxylic acids is 1. The highest BCUT2D eigenvalue weighted by Crippen LogP contribution is 2.26. The number of fused-ring (bicyclic) bond motifs is 1. The minimum absolute atomic E-state index is 0.0129. The van der Waals surface area contributed by atoms with Crippen molar-refractivity contribution in [3.63, 3.8) is 0 Å². The second-order valence-electron chi connectivity index (χ2n) is 4.13. The summed E-state index contributed by atoms with van der Waals surface area (Å²) in [5.41, 5.74) is 2.35. The second-order valence-corrected chi connectivity index (χ2v) is 4.13. The van der Waals surface area contributed by atoms with Crippen molar-refractivity contribution in [1.29, 1.82) is 0 Å². The Morgan fingerprint density at radius 1 is 1.59 bits per heavy atom. The summed E-state index contributed by atoms with van der Waals surface area (Å²) < 4.78 is 5.18. The van der Waals surface area contributed by atoms with Gasteiger partial charge < -0.3 is 19.4 Å². The smallest absolute Gasteiger partial charge is 0.293 e. The molecule has 0 fully saturated rings. The van der Waals surface area contributed by atoms with Gasteiger partial charge in [-0.1, -0.05) is 6.07 Å². The van der Waals surface area contributed by atoms with Crippen LogP contribution in [0.4, 0.5) is 0 Å². The number of hydrogen-bond donors (Lipinski definition) is 1. The summed E-state index contributed by atoms with van der Waals surface area (Å²) in [6.07, 6.45) is 1.51. The molecule has 0 saturated heterocycles. The van der Waals surface area contributed by atoms with Crippen LogP contribution >= 0.6 is 0 Å². The standard InChI is InChI=1S/C12H15BNO3/c1-17-12-3-2-9-4-11(7-15)14(13-8-16)6-10(9)5-12/h2-3,5,8,11,15H,4,6-7H2,1H3/t11-/m0/s1. The summed E-state index contributed by atoms with van der Waals surface area (Å²) in [5.74, 6) is 0.817. The monoisotopic (exact) mass is 232 g/mol. The zero-order valence-electron chi connectivity index (χ0n) is 9.80. The first-order valence-electron chi connectivity index (χ1n) is 5.59. The molecule has 0 amide bonds. The van der Waals surface area contributed by atoms with E-state index < -0.39 is 0 Å². The Morgan fingerprint density at radius 3 is 3.06 bits per heavy atom. The summed E-state index contributed by atoms with van der Waals surface area (Å²) in [4.78, 5) is 12.4. The van der Waals surface area contributed by atoms with Gasteiger partial charge in [-0.25, -0.2) is 0 Å². The minimum Gasteiger partial charge on any atom is -0.497 e. The minimum atomic E-state index is -0.0129. The van der Waals surface area contributed by atoms with Crippen LogP contribution in [-0.2, 0) is 17.8 Å². The molecule has 89 valence electrons. The molecule has 5 heteroatoms. The lowest BCUT2D eigenvalue weighted by Crippen LogP contribution is -2.45. The van der Waals surface area contributed by atoms with Crippen molar-refractivity contribution < 1.29 is 14.6 Å². The number of carbonyl (C=O) groups is 1. The molecular weight excluding hydrogens is 217 g/mol. The number of hydrogen-bond acceptors (Lipinski definition) is 4. The number of aliphatic hydroxyl groups excluding tert-OH is 1. The van der Waals surface area contributed by atoms with Crippen LogP contribution in [0.2, 0.25) is 0 Å². The van der Waals surface area contributed by atoms with Gasteiger partial charge in [-0.05, 0) is 29.7 Å². The fourth-order valence-corrected chi connectivity index (χ4v) is 2.19. The van der Waals surface area contributed by atoms with Crippen molar-refractivity contribution in [2.24, 2.45) is 0 Å². The van der Waals surface area contributed by atoms with Crippen molar-refractivity contribution in [2.75, 3.05) is 13.7 Å². The van der Waals surface area contributed by atoms with Crippen LogP contribution in [0.1, 0.15) is 11.1 Å². The first-order valence-corrected chi connectivity index (χ1v) is 5.59. The number of rotatable bonds is 4. The van der Waals surface area contributed by atoms with Gasteiger partial charge in [-0.2, -0.15) is 0 Å². The molecule has 1 N–H and O–H groups in total. The Kier molecular flexibility index (Phi) is 3.81. The highest BCUT2D eigenvalue weighted by Gasteiger charge is 2.25. The van der Waals surface area contributed by atoms with E-state index in [0.717, 1.165) is 23.9 Å². The first-order chi connectivity index (χ1) is 8.28. The SMILES string of the molecule is COc1ccc2c(c1)CN([B]C=O)[C@H](CO)C2. The molecule has 1 atom stereocenters. The molecule has 1 radical (unpaired) electrons. The molecule has 0 spiro atoms. The molecule has 1 aromatic rings. The summed E-state index contributed by atoms with van der Waals surface area (Å²) in [7, 11) is 3.12. The van der Waals surface area contributed by atoms with Gasteiger partial charge >= 0.3 is 0 Å². The summed E-state index contributed by atoms with van der Waals surface area (Å²) in [6.45, 7) is 0.687. The molecule has 1 aliphatic heterocycles. The van der Waals surface area contributed by atoms with Crippen LogP contribution in [0.25, 0.3) is 0 Å². The quantitative estimate of drug-likeness (QED) is 0.596. The molecule has 17 heavy (non-hydrogen) atoms. The number of nitrogens with zero attached hydrogens (tertiary/aromatic N) is 1. The van der Waals surface area contributed by atoms with E-state index in [-0.39, 0.29) is 12.6 Å². The normalized spacial score (nSPS) is 19.5. The Balaban J connectivity index is 2.25. The Bertz CT molecular complexity index is 411. The second kappa shape index (κ2) is 5.34. The van der Waals surface area contributed by atoms with Gasteiger partial charge in [0, 0.05) is 12.6 Å². The van der Waals surface area contributed by atoms with Crippen molar-refractivity contribution in [2.45, 2.75) is 19.0 Å². The number of benzene rings is 1. The van der Waals surface area contributed by atoms with Gasteiger partial charge in [-0.3, -0.25) is 0 Å². The molecule has 4 nitrogen and oxygen atoms in total. The maximum Gasteiger partial charge on any atom is 0.293 e. The predicted octanol–water partition coefficient (Wildman–Crippen LogP) is 0.224. The molecule has 1 aliphatic rings. The van der Waals surface area contributed by atoms with E-state index in [0.29, 0.717) is 6.54 Å². The molecule has 2 rings (SSSR count). The van der Waals surface area contributed by atoms with Gasteiger partial charge in [0.05, 0.1) is 19.9 Å². The average Bonchev–Trinajstić information content (AvgIpc) is 2.37. The average molecular weight is 232 g/mol. The first kappa shape index (κ1) is 12.1. The number of aliphatic hydroxyl groups is 1. The summed E-state index contributed by atoms with van der Waals surface area (Å²) in [5, 5.41) is 9.31. The van der Waals surface area contributed by atoms with E-state index >= 15 is 0 Å². The van der Waals surface area contributed by atoms with E-state index in [1.54, 1.807) is 7.11 Å². The van der Waals surface area contributed by atoms with Crippen LogP contribution in [0.5, 0.6) is 5.75 Å². The molecule has 1 aromatic carbocycles. The van der Waals surface area contributed by atoms with E-state index in [1.807, 2.05) is 23.0 Å². The van der Waals surface area contributed by atoms with E-state index in [2.05, 4.69) is 0 Å². The number of ether oxygens (including phenoxy) is 1. The number of methoxy groups -OCH3 is 1. The Morgan fingerprint density at radius 2 is 2.41 bits per heavy atom. The van der Waals surface area contributed by atoms with Crippen LogP contribution in [0.15, 0.2) is 18.2 Å². The van der Waals surface area contributed by atoms with Gasteiger partial charge in [0.2, 0.25) is 0 Å². The van der Waals surface area contributed by atoms with Gasteiger partial charge in [0.15, 0.2) is 0 Å². The lowest BCUT2D eigenvalue weighted by molar-refractivity contribution is 0.175. The van der Waals surface area contributed by atoms with Gasteiger partial charge in [0.1, 0.15) is 5.75 Å². The largest absolute Gasteiger partial charge is 0.497 e.